The van der Waals surface area contributed by atoms with Crippen molar-refractivity contribution in [2.45, 2.75) is 39.7 Å². The van der Waals surface area contributed by atoms with Crippen LogP contribution in [0.2, 0.25) is 10.0 Å². The first-order valence-electron chi connectivity index (χ1n) is 6.30. The summed E-state index contributed by atoms with van der Waals surface area (Å²) in [7, 11) is 0. The molecular weight excluding hydrogens is 269 g/mol. The quantitative estimate of drug-likeness (QED) is 0.772. The van der Waals surface area contributed by atoms with Gasteiger partial charge in [-0.25, -0.2) is 0 Å². The molecule has 0 N–H and O–H groups in total. The summed E-state index contributed by atoms with van der Waals surface area (Å²) < 4.78 is 0. The molecule has 2 nitrogen and oxygen atoms in total. The number of halogens is 2. The predicted molar refractivity (Wildman–Crippen MR) is 77.5 cm³/mol. The van der Waals surface area contributed by atoms with E-state index in [1.165, 1.54) is 0 Å². The van der Waals surface area contributed by atoms with E-state index >= 15 is 0 Å². The molecule has 0 unspecified atom stereocenters. The molecule has 18 heavy (non-hydrogen) atoms. The molecule has 1 aromatic carbocycles. The Bertz CT molecular complexity index is 396. The van der Waals surface area contributed by atoms with Crippen LogP contribution in [0.4, 0.5) is 0 Å². The molecule has 0 atom stereocenters. The maximum atomic E-state index is 12.4. The highest BCUT2D eigenvalue weighted by molar-refractivity contribution is 6.35. The lowest BCUT2D eigenvalue weighted by molar-refractivity contribution is 0.0680. The topological polar surface area (TPSA) is 20.3 Å². The lowest BCUT2D eigenvalue weighted by Crippen LogP contribution is -2.39. The van der Waals surface area contributed by atoms with Crippen LogP contribution in [-0.2, 0) is 0 Å². The first-order valence-corrected chi connectivity index (χ1v) is 7.06. The third-order valence-electron chi connectivity index (χ3n) is 3.09. The molecule has 0 aliphatic rings. The zero-order chi connectivity index (χ0) is 13.7. The van der Waals surface area contributed by atoms with Gasteiger partial charge in [-0.1, -0.05) is 37.0 Å². The van der Waals surface area contributed by atoms with Gasteiger partial charge in [-0.3, -0.25) is 4.79 Å². The Hall–Kier alpha value is -0.730. The maximum Gasteiger partial charge on any atom is 0.254 e. The first-order chi connectivity index (χ1) is 8.53. The number of hydrogen-bond donors (Lipinski definition) is 0. The van der Waals surface area contributed by atoms with E-state index in [2.05, 4.69) is 13.8 Å². The van der Waals surface area contributed by atoms with Crippen LogP contribution in [-0.4, -0.2) is 23.4 Å². The Kier molecular flexibility index (Phi) is 5.97. The van der Waals surface area contributed by atoms with Gasteiger partial charge >= 0.3 is 0 Å². The predicted octanol–water partition coefficient (Wildman–Crippen LogP) is 4.64. The fraction of sp³-hybridized carbons (Fsp3) is 0.500. The van der Waals surface area contributed by atoms with Crippen LogP contribution < -0.4 is 0 Å². The van der Waals surface area contributed by atoms with Gasteiger partial charge in [0.1, 0.15) is 0 Å². The Balaban J connectivity index is 3.02. The fourth-order valence-electron chi connectivity index (χ4n) is 2.14. The van der Waals surface area contributed by atoms with Crippen LogP contribution >= 0.6 is 23.2 Å². The number of hydrogen-bond acceptors (Lipinski definition) is 1. The van der Waals surface area contributed by atoms with E-state index in [9.17, 15) is 4.79 Å². The van der Waals surface area contributed by atoms with Gasteiger partial charge in [0.15, 0.2) is 0 Å². The zero-order valence-corrected chi connectivity index (χ0v) is 12.6. The molecule has 1 aromatic rings. The highest BCUT2D eigenvalue weighted by Crippen LogP contribution is 2.21. The SMILES string of the molecule is CCC(CC)N(CC)C(=O)c1cc(Cl)cc(Cl)c1. The Morgan fingerprint density at radius 3 is 2.00 bits per heavy atom. The van der Waals surface area contributed by atoms with Gasteiger partial charge in [-0.2, -0.15) is 0 Å². The van der Waals surface area contributed by atoms with Crippen molar-refractivity contribution in [3.8, 4) is 0 Å². The number of amides is 1. The van der Waals surface area contributed by atoms with Crippen molar-refractivity contribution in [2.24, 2.45) is 0 Å². The highest BCUT2D eigenvalue weighted by atomic mass is 35.5. The van der Waals surface area contributed by atoms with Crippen molar-refractivity contribution in [2.75, 3.05) is 6.54 Å². The second-order valence-corrected chi connectivity index (χ2v) is 5.09. The monoisotopic (exact) mass is 287 g/mol. The summed E-state index contributed by atoms with van der Waals surface area (Å²) in [6.07, 6.45) is 1.90. The summed E-state index contributed by atoms with van der Waals surface area (Å²) in [6, 6.07) is 5.23. The molecule has 0 spiro atoms. The molecule has 0 aliphatic heterocycles. The Morgan fingerprint density at radius 2 is 1.61 bits per heavy atom. The minimum atomic E-state index is -0.00407. The molecule has 0 saturated heterocycles. The second kappa shape index (κ2) is 7.01. The number of nitrogens with zero attached hydrogens (tertiary/aromatic N) is 1. The van der Waals surface area contributed by atoms with Crippen molar-refractivity contribution in [3.63, 3.8) is 0 Å². The third-order valence-corrected chi connectivity index (χ3v) is 3.53. The third kappa shape index (κ3) is 3.63. The average Bonchev–Trinajstić information content (AvgIpc) is 2.33. The summed E-state index contributed by atoms with van der Waals surface area (Å²) in [5.41, 5.74) is 0.557. The minimum Gasteiger partial charge on any atom is -0.336 e. The van der Waals surface area contributed by atoms with Crippen LogP contribution in [0, 0.1) is 0 Å². The zero-order valence-electron chi connectivity index (χ0n) is 11.0. The van der Waals surface area contributed by atoms with Crippen LogP contribution in [0.3, 0.4) is 0 Å². The van der Waals surface area contributed by atoms with Crippen molar-refractivity contribution < 1.29 is 4.79 Å². The van der Waals surface area contributed by atoms with Crippen LogP contribution in [0.1, 0.15) is 44.0 Å². The molecule has 100 valence electrons. The second-order valence-electron chi connectivity index (χ2n) is 4.22. The molecule has 0 bridgehead atoms. The van der Waals surface area contributed by atoms with E-state index in [-0.39, 0.29) is 11.9 Å². The summed E-state index contributed by atoms with van der Waals surface area (Å²) in [5.74, 6) is -0.00407. The summed E-state index contributed by atoms with van der Waals surface area (Å²) in [4.78, 5) is 14.3. The highest BCUT2D eigenvalue weighted by Gasteiger charge is 2.21. The molecule has 0 radical (unpaired) electrons. The number of carbonyl (C=O) groups excluding carboxylic acids is 1. The molecule has 0 saturated carbocycles. The van der Waals surface area contributed by atoms with Crippen LogP contribution in [0.15, 0.2) is 18.2 Å². The standard InChI is InChI=1S/C14H19Cl2NO/c1-4-13(5-2)17(6-3)14(18)10-7-11(15)9-12(16)8-10/h7-9,13H,4-6H2,1-3H3. The molecule has 0 fully saturated rings. The normalized spacial score (nSPS) is 10.8. The molecule has 4 heteroatoms. The van der Waals surface area contributed by atoms with Gasteiger partial charge in [0.25, 0.3) is 5.91 Å². The van der Waals surface area contributed by atoms with Crippen molar-refractivity contribution in [1.29, 1.82) is 0 Å². The molecule has 1 amide bonds. The lowest BCUT2D eigenvalue weighted by Gasteiger charge is -2.29. The summed E-state index contributed by atoms with van der Waals surface area (Å²) >= 11 is 11.9. The summed E-state index contributed by atoms with van der Waals surface area (Å²) in [6.45, 7) is 6.86. The smallest absolute Gasteiger partial charge is 0.254 e. The van der Waals surface area contributed by atoms with E-state index in [1.807, 2.05) is 11.8 Å². The largest absolute Gasteiger partial charge is 0.336 e. The molecular formula is C14H19Cl2NO. The Labute approximate surface area is 119 Å². The van der Waals surface area contributed by atoms with E-state index in [4.69, 9.17) is 23.2 Å². The van der Waals surface area contributed by atoms with E-state index in [0.29, 0.717) is 22.2 Å². The molecule has 1 rings (SSSR count). The van der Waals surface area contributed by atoms with Gasteiger partial charge in [0, 0.05) is 28.2 Å². The molecule has 0 aromatic heterocycles. The minimum absolute atomic E-state index is 0.00407. The number of rotatable bonds is 5. The van der Waals surface area contributed by atoms with Crippen molar-refractivity contribution >= 4 is 29.1 Å². The van der Waals surface area contributed by atoms with Crippen LogP contribution in [0.5, 0.6) is 0 Å². The first kappa shape index (κ1) is 15.3. The van der Waals surface area contributed by atoms with E-state index < -0.39 is 0 Å². The molecule has 0 heterocycles. The summed E-state index contributed by atoms with van der Waals surface area (Å²) in [5, 5.41) is 0.984. The Morgan fingerprint density at radius 1 is 1.11 bits per heavy atom. The van der Waals surface area contributed by atoms with Gasteiger partial charge in [0.2, 0.25) is 0 Å². The van der Waals surface area contributed by atoms with Gasteiger partial charge in [-0.15, -0.1) is 0 Å². The maximum absolute atomic E-state index is 12.4. The average molecular weight is 288 g/mol. The van der Waals surface area contributed by atoms with Crippen LogP contribution in [0.25, 0.3) is 0 Å². The van der Waals surface area contributed by atoms with Crippen molar-refractivity contribution in [1.82, 2.24) is 4.90 Å². The number of carbonyl (C=O) groups is 1. The van der Waals surface area contributed by atoms with E-state index in [0.717, 1.165) is 12.8 Å². The lowest BCUT2D eigenvalue weighted by atomic mass is 10.1. The van der Waals surface area contributed by atoms with Gasteiger partial charge in [-0.05, 0) is 38.0 Å². The van der Waals surface area contributed by atoms with Crippen molar-refractivity contribution in [3.05, 3.63) is 33.8 Å². The van der Waals surface area contributed by atoms with Gasteiger partial charge in [0.05, 0.1) is 0 Å². The fourth-order valence-corrected chi connectivity index (χ4v) is 2.67. The number of benzene rings is 1. The van der Waals surface area contributed by atoms with Gasteiger partial charge < -0.3 is 4.90 Å². The van der Waals surface area contributed by atoms with E-state index in [1.54, 1.807) is 18.2 Å². The molecule has 0 aliphatic carbocycles.